The summed E-state index contributed by atoms with van der Waals surface area (Å²) in [7, 11) is 0. The van der Waals surface area contributed by atoms with Gasteiger partial charge in [-0.05, 0) is 38.7 Å². The lowest BCUT2D eigenvalue weighted by molar-refractivity contribution is 0.398. The molecule has 3 nitrogen and oxygen atoms in total. The van der Waals surface area contributed by atoms with Gasteiger partial charge in [0.1, 0.15) is 10.1 Å². The number of pyridine rings is 1. The van der Waals surface area contributed by atoms with E-state index in [1.807, 2.05) is 12.3 Å². The molecule has 0 spiro atoms. The predicted molar refractivity (Wildman–Crippen MR) is 97.3 cm³/mol. The van der Waals surface area contributed by atoms with Gasteiger partial charge in [0.25, 0.3) is 5.56 Å². The van der Waals surface area contributed by atoms with Crippen LogP contribution in [0.4, 0.5) is 0 Å². The number of rotatable bonds is 0. The van der Waals surface area contributed by atoms with E-state index in [9.17, 15) is 4.79 Å². The van der Waals surface area contributed by atoms with Gasteiger partial charge in [0.15, 0.2) is 0 Å². The first-order valence-electron chi connectivity index (χ1n) is 7.87. The molecule has 0 fully saturated rings. The molecule has 0 N–H and O–H groups in total. The van der Waals surface area contributed by atoms with Crippen LogP contribution in [0.1, 0.15) is 45.4 Å². The summed E-state index contributed by atoms with van der Waals surface area (Å²) in [6.45, 7) is 9.18. The third-order valence-corrected chi connectivity index (χ3v) is 5.54. The van der Waals surface area contributed by atoms with Crippen LogP contribution in [0.25, 0.3) is 16.4 Å². The Morgan fingerprint density at radius 1 is 1.09 bits per heavy atom. The lowest BCUT2D eigenvalue weighted by atomic mass is 9.81. The average molecular weight is 371 g/mol. The summed E-state index contributed by atoms with van der Waals surface area (Å²) in [6.07, 6.45) is 2.96. The number of benzene rings is 1. The van der Waals surface area contributed by atoms with Gasteiger partial charge >= 0.3 is 0 Å². The summed E-state index contributed by atoms with van der Waals surface area (Å²) in [6, 6.07) is 8.30. The second-order valence-electron chi connectivity index (χ2n) is 7.80. The lowest BCUT2D eigenvalue weighted by Gasteiger charge is -2.22. The Morgan fingerprint density at radius 2 is 1.74 bits per heavy atom. The quantitative estimate of drug-likeness (QED) is 0.543. The van der Waals surface area contributed by atoms with Crippen molar-refractivity contribution in [1.29, 1.82) is 0 Å². The number of halogens is 1. The van der Waals surface area contributed by atoms with Crippen molar-refractivity contribution in [3.63, 3.8) is 0 Å². The topological polar surface area (TPSA) is 34.4 Å². The van der Waals surface area contributed by atoms with Crippen molar-refractivity contribution in [3.8, 4) is 0 Å². The molecule has 2 aromatic heterocycles. The van der Waals surface area contributed by atoms with E-state index >= 15 is 0 Å². The Hall–Kier alpha value is -1.68. The van der Waals surface area contributed by atoms with E-state index < -0.39 is 0 Å². The average Bonchev–Trinajstić information content (AvgIpc) is 2.66. The third kappa shape index (κ3) is 1.94. The molecule has 1 aliphatic carbocycles. The first kappa shape index (κ1) is 14.9. The highest BCUT2D eigenvalue weighted by Crippen LogP contribution is 2.52. The molecule has 0 saturated heterocycles. The van der Waals surface area contributed by atoms with Crippen molar-refractivity contribution < 1.29 is 0 Å². The highest BCUT2D eigenvalue weighted by Gasteiger charge is 2.45. The van der Waals surface area contributed by atoms with Crippen LogP contribution in [0.5, 0.6) is 0 Å². The second kappa shape index (κ2) is 4.44. The minimum atomic E-state index is -0.217. The second-order valence-corrected chi connectivity index (χ2v) is 8.66. The summed E-state index contributed by atoms with van der Waals surface area (Å²) >= 11 is 3.36. The van der Waals surface area contributed by atoms with Gasteiger partial charge < -0.3 is 4.40 Å². The monoisotopic (exact) mass is 370 g/mol. The van der Waals surface area contributed by atoms with Crippen LogP contribution in [0.2, 0.25) is 0 Å². The van der Waals surface area contributed by atoms with Crippen LogP contribution < -0.4 is 5.56 Å². The van der Waals surface area contributed by atoms with Crippen molar-refractivity contribution in [2.45, 2.75) is 44.9 Å². The summed E-state index contributed by atoms with van der Waals surface area (Å²) in [5, 5.41) is 2.26. The summed E-state index contributed by atoms with van der Waals surface area (Å²) in [5.74, 6) is 0. The lowest BCUT2D eigenvalue weighted by Crippen LogP contribution is -2.20. The number of aromatic nitrogens is 2. The smallest absolute Gasteiger partial charge is 0.287 e. The van der Waals surface area contributed by atoms with E-state index in [4.69, 9.17) is 0 Å². The molecule has 0 radical (unpaired) electrons. The Kier molecular flexibility index (Phi) is 2.87. The number of nitrogens with zero attached hydrogens (tertiary/aromatic N) is 2. The molecule has 1 aliphatic rings. The Morgan fingerprint density at radius 3 is 2.43 bits per heavy atom. The normalized spacial score (nSPS) is 18.5. The van der Waals surface area contributed by atoms with Gasteiger partial charge in [-0.15, -0.1) is 0 Å². The molecule has 0 aliphatic heterocycles. The number of fused-ring (bicyclic) bond motifs is 6. The summed E-state index contributed by atoms with van der Waals surface area (Å²) in [5.41, 5.74) is 3.29. The number of hydrogen-bond acceptors (Lipinski definition) is 2. The first-order valence-corrected chi connectivity index (χ1v) is 8.66. The highest BCUT2D eigenvalue weighted by molar-refractivity contribution is 9.10. The highest BCUT2D eigenvalue weighted by atomic mass is 79.9. The Balaban J connectivity index is 2.37. The molecule has 0 amide bonds. The zero-order chi connectivity index (χ0) is 16.6. The van der Waals surface area contributed by atoms with Crippen LogP contribution in [0.15, 0.2) is 39.7 Å². The molecule has 0 saturated carbocycles. The largest absolute Gasteiger partial charge is 0.303 e. The molecular weight excluding hydrogens is 352 g/mol. The molecule has 3 aromatic rings. The standard InChI is InChI=1S/C19H19BrN2O/c1-18(2)10-19(3,4)15-14(18)11-7-5-6-8-12(11)16-21-17(23)13(20)9-22(15)16/h5-9H,10H2,1-4H3. The van der Waals surface area contributed by atoms with Gasteiger partial charge in [-0.1, -0.05) is 52.0 Å². The molecule has 4 rings (SSSR count). The maximum Gasteiger partial charge on any atom is 0.287 e. The van der Waals surface area contributed by atoms with E-state index in [-0.39, 0.29) is 16.4 Å². The molecular formula is C19H19BrN2O. The van der Waals surface area contributed by atoms with E-state index in [0.717, 1.165) is 17.5 Å². The van der Waals surface area contributed by atoms with Crippen molar-refractivity contribution in [2.75, 3.05) is 0 Å². The maximum atomic E-state index is 12.1. The van der Waals surface area contributed by atoms with Crippen molar-refractivity contribution >= 4 is 32.3 Å². The van der Waals surface area contributed by atoms with E-state index in [1.54, 1.807) is 0 Å². The molecule has 0 bridgehead atoms. The van der Waals surface area contributed by atoms with E-state index in [1.165, 1.54) is 16.6 Å². The Bertz CT molecular complexity index is 1030. The molecule has 0 unspecified atom stereocenters. The molecule has 2 heterocycles. The van der Waals surface area contributed by atoms with Crippen LogP contribution in [-0.4, -0.2) is 9.38 Å². The minimum absolute atomic E-state index is 0.0251. The van der Waals surface area contributed by atoms with Gasteiger partial charge in [0.05, 0.1) is 0 Å². The van der Waals surface area contributed by atoms with Gasteiger partial charge in [-0.25, -0.2) is 0 Å². The summed E-state index contributed by atoms with van der Waals surface area (Å²) < 4.78 is 2.63. The zero-order valence-electron chi connectivity index (χ0n) is 13.8. The van der Waals surface area contributed by atoms with Gasteiger partial charge in [-0.2, -0.15) is 4.98 Å². The van der Waals surface area contributed by atoms with Gasteiger partial charge in [0, 0.05) is 22.7 Å². The molecule has 4 heteroatoms. The first-order chi connectivity index (χ1) is 10.7. The van der Waals surface area contributed by atoms with Gasteiger partial charge in [-0.3, -0.25) is 4.79 Å². The number of hydrogen-bond donors (Lipinski definition) is 0. The molecule has 23 heavy (non-hydrogen) atoms. The van der Waals surface area contributed by atoms with Crippen molar-refractivity contribution in [2.24, 2.45) is 0 Å². The minimum Gasteiger partial charge on any atom is -0.303 e. The van der Waals surface area contributed by atoms with Crippen LogP contribution in [0, 0.1) is 0 Å². The van der Waals surface area contributed by atoms with Gasteiger partial charge in [0.2, 0.25) is 0 Å². The van der Waals surface area contributed by atoms with E-state index in [2.05, 4.69) is 71.2 Å². The fourth-order valence-electron chi connectivity index (χ4n) is 4.56. The van der Waals surface area contributed by atoms with E-state index in [0.29, 0.717) is 4.47 Å². The van der Waals surface area contributed by atoms with Crippen LogP contribution in [-0.2, 0) is 10.8 Å². The zero-order valence-corrected chi connectivity index (χ0v) is 15.4. The van der Waals surface area contributed by atoms with Crippen molar-refractivity contribution in [3.05, 3.63) is 56.5 Å². The maximum absolute atomic E-state index is 12.1. The van der Waals surface area contributed by atoms with Crippen LogP contribution in [0.3, 0.4) is 0 Å². The Labute approximate surface area is 143 Å². The molecule has 1 aromatic carbocycles. The third-order valence-electron chi connectivity index (χ3n) is 5.00. The predicted octanol–water partition coefficient (Wildman–Crippen LogP) is 4.57. The fourth-order valence-corrected chi connectivity index (χ4v) is 4.86. The fraction of sp³-hybridized carbons (Fsp3) is 0.368. The van der Waals surface area contributed by atoms with Crippen molar-refractivity contribution in [1.82, 2.24) is 9.38 Å². The van der Waals surface area contributed by atoms with Crippen LogP contribution >= 0.6 is 15.9 Å². The molecule has 0 atom stereocenters. The SMILES string of the molecule is CC1(C)CC(C)(C)c2c1c1ccccc1c1nc(=O)c(Br)cn21. The summed E-state index contributed by atoms with van der Waals surface area (Å²) in [4.78, 5) is 16.4. The molecule has 118 valence electrons.